The van der Waals surface area contributed by atoms with Gasteiger partial charge in [-0.2, -0.15) is 5.10 Å². The zero-order valence-corrected chi connectivity index (χ0v) is 18.2. The topological polar surface area (TPSA) is 88.4 Å². The average Bonchev–Trinajstić information content (AvgIpc) is 2.81. The van der Waals surface area contributed by atoms with E-state index >= 15 is 0 Å². The first-order valence-electron chi connectivity index (χ1n) is 10.8. The number of hydrogen-bond acceptors (Lipinski definition) is 5. The van der Waals surface area contributed by atoms with E-state index in [9.17, 15) is 14.7 Å². The Labute approximate surface area is 187 Å². The Bertz CT molecular complexity index is 1070. The highest BCUT2D eigenvalue weighted by Gasteiger charge is 2.40. The number of fused-ring (bicyclic) bond motifs is 1. The van der Waals surface area contributed by atoms with E-state index in [1.165, 1.54) is 17.1 Å². The Hall–Kier alpha value is -3.61. The minimum absolute atomic E-state index is 0.0329. The molecule has 32 heavy (non-hydrogen) atoms. The summed E-state index contributed by atoms with van der Waals surface area (Å²) in [6, 6.07) is 11.9. The Kier molecular flexibility index (Phi) is 6.25. The van der Waals surface area contributed by atoms with Gasteiger partial charge >= 0.3 is 5.97 Å². The first kappa shape index (κ1) is 21.6. The van der Waals surface area contributed by atoms with Crippen LogP contribution in [-0.4, -0.2) is 35.9 Å². The summed E-state index contributed by atoms with van der Waals surface area (Å²) < 4.78 is 11.5. The number of rotatable bonds is 7. The van der Waals surface area contributed by atoms with Crippen LogP contribution in [0.3, 0.4) is 0 Å². The molecule has 2 aliphatic rings. The van der Waals surface area contributed by atoms with Crippen LogP contribution in [0.2, 0.25) is 0 Å². The third kappa shape index (κ3) is 4.10. The van der Waals surface area contributed by atoms with Gasteiger partial charge in [-0.15, -0.1) is 0 Å². The molecular weight excluding hydrogens is 408 g/mol. The smallest absolute Gasteiger partial charge is 0.335 e. The lowest BCUT2D eigenvalue weighted by atomic mass is 9.76. The number of carboxylic acid groups (broad SMARTS) is 1. The summed E-state index contributed by atoms with van der Waals surface area (Å²) in [5.74, 6) is -0.0371. The fourth-order valence-electron chi connectivity index (χ4n) is 4.19. The second-order valence-corrected chi connectivity index (χ2v) is 7.67. The van der Waals surface area contributed by atoms with Crippen LogP contribution in [0.1, 0.15) is 42.6 Å². The first-order chi connectivity index (χ1) is 15.5. The molecule has 1 N–H and O–H groups in total. The molecule has 1 aliphatic carbocycles. The van der Waals surface area contributed by atoms with Gasteiger partial charge in [-0.25, -0.2) is 9.80 Å². The highest BCUT2D eigenvalue weighted by atomic mass is 16.5. The molecule has 1 heterocycles. The Balaban J connectivity index is 1.78. The van der Waals surface area contributed by atoms with Crippen molar-refractivity contribution in [2.45, 2.75) is 26.7 Å². The molecule has 0 bridgehead atoms. The van der Waals surface area contributed by atoms with Crippen LogP contribution in [-0.2, 0) is 4.79 Å². The quantitative estimate of drug-likeness (QED) is 0.648. The van der Waals surface area contributed by atoms with Crippen molar-refractivity contribution in [3.63, 3.8) is 0 Å². The van der Waals surface area contributed by atoms with E-state index in [0.717, 1.165) is 17.7 Å². The number of nitrogens with zero attached hydrogens (tertiary/aromatic N) is 2. The van der Waals surface area contributed by atoms with Crippen molar-refractivity contribution in [1.29, 1.82) is 0 Å². The van der Waals surface area contributed by atoms with E-state index in [1.807, 2.05) is 38.1 Å². The molecule has 0 spiro atoms. The number of carbonyl (C=O) groups excluding carboxylic acids is 1. The van der Waals surface area contributed by atoms with Crippen molar-refractivity contribution in [1.82, 2.24) is 0 Å². The van der Waals surface area contributed by atoms with Crippen molar-refractivity contribution in [2.75, 3.05) is 18.2 Å². The predicted molar refractivity (Wildman–Crippen MR) is 122 cm³/mol. The van der Waals surface area contributed by atoms with Gasteiger partial charge < -0.3 is 14.6 Å². The fraction of sp³-hybridized carbons (Fsp3) is 0.320. The molecule has 1 amide bonds. The number of hydrogen-bond donors (Lipinski definition) is 1. The monoisotopic (exact) mass is 434 g/mol. The molecule has 0 saturated carbocycles. The number of allylic oxidation sites excluding steroid dienone is 2. The minimum Gasteiger partial charge on any atom is -0.490 e. The summed E-state index contributed by atoms with van der Waals surface area (Å²) in [7, 11) is 0. The number of ether oxygens (including phenoxy) is 2. The van der Waals surface area contributed by atoms with E-state index < -0.39 is 5.97 Å². The van der Waals surface area contributed by atoms with Crippen LogP contribution in [0.5, 0.6) is 11.5 Å². The summed E-state index contributed by atoms with van der Waals surface area (Å²) in [5.41, 5.74) is 2.39. The second-order valence-electron chi connectivity index (χ2n) is 7.67. The van der Waals surface area contributed by atoms with Gasteiger partial charge in [0.2, 0.25) is 0 Å². The van der Waals surface area contributed by atoms with Gasteiger partial charge in [-0.1, -0.05) is 12.2 Å². The van der Waals surface area contributed by atoms with Crippen LogP contribution in [0, 0.1) is 11.8 Å². The van der Waals surface area contributed by atoms with E-state index in [4.69, 9.17) is 14.6 Å². The molecule has 7 heteroatoms. The van der Waals surface area contributed by atoms with Crippen molar-refractivity contribution in [2.24, 2.45) is 16.9 Å². The number of carbonyl (C=O) groups is 2. The lowest BCUT2D eigenvalue weighted by Crippen LogP contribution is -2.45. The summed E-state index contributed by atoms with van der Waals surface area (Å²) in [6.45, 7) is 4.88. The summed E-state index contributed by atoms with van der Waals surface area (Å²) in [4.78, 5) is 24.5. The number of benzene rings is 2. The van der Waals surface area contributed by atoms with Crippen molar-refractivity contribution < 1.29 is 24.2 Å². The molecule has 166 valence electrons. The van der Waals surface area contributed by atoms with Crippen molar-refractivity contribution in [3.05, 3.63) is 65.7 Å². The van der Waals surface area contributed by atoms with Crippen molar-refractivity contribution in [3.8, 4) is 11.5 Å². The Morgan fingerprint density at radius 1 is 1.00 bits per heavy atom. The number of carboxylic acids is 1. The number of hydrazone groups is 1. The lowest BCUT2D eigenvalue weighted by Gasteiger charge is -2.37. The van der Waals surface area contributed by atoms with Gasteiger partial charge in [0.05, 0.1) is 36.1 Å². The normalized spacial score (nSPS) is 19.9. The first-order valence-corrected chi connectivity index (χ1v) is 10.8. The van der Waals surface area contributed by atoms with E-state index in [1.54, 1.807) is 12.1 Å². The fourth-order valence-corrected chi connectivity index (χ4v) is 4.19. The Morgan fingerprint density at radius 3 is 2.31 bits per heavy atom. The maximum absolute atomic E-state index is 13.3. The predicted octanol–water partition coefficient (Wildman–Crippen LogP) is 4.52. The molecule has 0 radical (unpaired) electrons. The third-order valence-electron chi connectivity index (χ3n) is 5.72. The third-order valence-corrected chi connectivity index (χ3v) is 5.72. The average molecular weight is 434 g/mol. The molecule has 2 atom stereocenters. The minimum atomic E-state index is -1.01. The standard InChI is InChI=1S/C25H26N2O5/c1-3-31-21-14-11-17(15-22(21)32-4-2)23-19-7-5-6-8-20(19)24(28)27(26-23)18-12-9-16(10-13-18)25(29)30/h5-6,9-15,19-20H,3-4,7-8H2,1-2H3,(H,29,30)/t19-,20+/m1/s1. The molecule has 2 aromatic rings. The second kappa shape index (κ2) is 9.26. The molecule has 0 unspecified atom stereocenters. The molecule has 1 aliphatic heterocycles. The van der Waals surface area contributed by atoms with E-state index in [2.05, 4.69) is 6.08 Å². The van der Waals surface area contributed by atoms with Gasteiger partial charge in [0.15, 0.2) is 11.5 Å². The molecule has 0 fully saturated rings. The summed E-state index contributed by atoms with van der Waals surface area (Å²) in [6.07, 6.45) is 5.51. The zero-order chi connectivity index (χ0) is 22.7. The van der Waals surface area contributed by atoms with Crippen molar-refractivity contribution >= 4 is 23.3 Å². The number of amides is 1. The van der Waals surface area contributed by atoms with Gasteiger partial charge in [0.25, 0.3) is 5.91 Å². The maximum atomic E-state index is 13.3. The van der Waals surface area contributed by atoms with E-state index in [0.29, 0.717) is 36.8 Å². The highest BCUT2D eigenvalue weighted by Crippen LogP contribution is 2.38. The molecule has 0 saturated heterocycles. The highest BCUT2D eigenvalue weighted by molar-refractivity contribution is 6.11. The van der Waals surface area contributed by atoms with Crippen LogP contribution in [0.4, 0.5) is 5.69 Å². The van der Waals surface area contributed by atoms with Crippen LogP contribution in [0.15, 0.2) is 59.7 Å². The van der Waals surface area contributed by atoms with Gasteiger partial charge in [-0.3, -0.25) is 4.79 Å². The molecule has 0 aromatic heterocycles. The number of aromatic carboxylic acids is 1. The summed E-state index contributed by atoms with van der Waals surface area (Å²) in [5, 5.41) is 15.3. The molecule has 7 nitrogen and oxygen atoms in total. The van der Waals surface area contributed by atoms with Gasteiger partial charge in [0.1, 0.15) is 0 Å². The zero-order valence-electron chi connectivity index (χ0n) is 18.2. The maximum Gasteiger partial charge on any atom is 0.335 e. The van der Waals surface area contributed by atoms with Crippen LogP contribution >= 0.6 is 0 Å². The largest absolute Gasteiger partial charge is 0.490 e. The van der Waals surface area contributed by atoms with Gasteiger partial charge in [0, 0.05) is 11.5 Å². The molecular formula is C25H26N2O5. The molecule has 4 rings (SSSR count). The lowest BCUT2D eigenvalue weighted by molar-refractivity contribution is -0.123. The van der Waals surface area contributed by atoms with Crippen LogP contribution in [0.25, 0.3) is 0 Å². The number of anilines is 1. The van der Waals surface area contributed by atoms with Crippen LogP contribution < -0.4 is 14.5 Å². The van der Waals surface area contributed by atoms with E-state index in [-0.39, 0.29) is 23.3 Å². The Morgan fingerprint density at radius 2 is 1.66 bits per heavy atom. The SMILES string of the molecule is CCOc1ccc(C2=NN(c3ccc(C(=O)O)cc3)C(=O)[C@H]3CC=CC[C@@H]23)cc1OCC. The summed E-state index contributed by atoms with van der Waals surface area (Å²) >= 11 is 0. The molecule has 2 aromatic carbocycles. The van der Waals surface area contributed by atoms with Gasteiger partial charge in [-0.05, 0) is 69.2 Å².